The highest BCUT2D eigenvalue weighted by atomic mass is 16.4. The molecule has 3 amide bonds. The Bertz CT molecular complexity index is 228. The zero-order valence-corrected chi connectivity index (χ0v) is 6.82. The Hall–Kier alpha value is -1.63. The van der Waals surface area contributed by atoms with Crippen LogP contribution in [0.1, 0.15) is 12.8 Å². The van der Waals surface area contributed by atoms with Crippen molar-refractivity contribution in [2.45, 2.75) is 18.9 Å². The van der Waals surface area contributed by atoms with Crippen LogP contribution in [-0.4, -0.2) is 29.1 Å². The number of carbonyl (C=O) groups excluding carboxylic acids is 2. The molecule has 0 aromatic rings. The third kappa shape index (κ3) is 5.62. The Kier molecular flexibility index (Phi) is 4.45. The molecule has 0 saturated carbocycles. The van der Waals surface area contributed by atoms with Crippen molar-refractivity contribution in [3.63, 3.8) is 0 Å². The molecular formula is C6H11N3O4. The van der Waals surface area contributed by atoms with E-state index in [1.807, 2.05) is 0 Å². The monoisotopic (exact) mass is 189 g/mol. The topological polar surface area (TPSA) is 136 Å². The Morgan fingerprint density at radius 2 is 1.92 bits per heavy atom. The molecule has 0 aliphatic rings. The number of amides is 3. The van der Waals surface area contributed by atoms with E-state index in [1.54, 1.807) is 5.32 Å². The number of rotatable bonds is 4. The number of carboxylic acid groups (broad SMARTS) is 1. The van der Waals surface area contributed by atoms with Crippen molar-refractivity contribution in [1.82, 2.24) is 5.32 Å². The van der Waals surface area contributed by atoms with Gasteiger partial charge in [0.05, 0.1) is 6.04 Å². The first-order chi connectivity index (χ1) is 5.93. The van der Waals surface area contributed by atoms with Gasteiger partial charge in [-0.05, 0) is 6.42 Å². The molecule has 74 valence electrons. The smallest absolute Gasteiger partial charge is 0.411 e. The first kappa shape index (κ1) is 11.4. The Morgan fingerprint density at radius 3 is 2.31 bits per heavy atom. The second kappa shape index (κ2) is 5.09. The molecule has 0 radical (unpaired) electrons. The number of imide groups is 1. The van der Waals surface area contributed by atoms with Gasteiger partial charge in [-0.25, -0.2) is 4.79 Å². The standard InChI is InChI=1S/C6H11N3O4/c7-3(1-2-4(8)10)5(11)9-6(12)13/h3H,1-2,7H2,(H2,8,10)(H,9,11)(H,12,13)/t3-/m0/s1. The van der Waals surface area contributed by atoms with Crippen LogP contribution in [0.4, 0.5) is 4.79 Å². The van der Waals surface area contributed by atoms with Gasteiger partial charge in [-0.3, -0.25) is 14.9 Å². The maximum absolute atomic E-state index is 10.8. The van der Waals surface area contributed by atoms with E-state index < -0.39 is 23.9 Å². The van der Waals surface area contributed by atoms with E-state index in [9.17, 15) is 14.4 Å². The molecule has 0 bridgehead atoms. The summed E-state index contributed by atoms with van der Waals surface area (Å²) in [5, 5.41) is 9.70. The summed E-state index contributed by atoms with van der Waals surface area (Å²) >= 11 is 0. The molecule has 0 aliphatic carbocycles. The van der Waals surface area contributed by atoms with Gasteiger partial charge in [0.2, 0.25) is 11.8 Å². The quantitative estimate of drug-likeness (QED) is 0.421. The van der Waals surface area contributed by atoms with Crippen molar-refractivity contribution in [2.24, 2.45) is 11.5 Å². The SMILES string of the molecule is NC(=O)CC[C@H](N)C(=O)NC(=O)O. The number of nitrogens with two attached hydrogens (primary N) is 2. The van der Waals surface area contributed by atoms with Gasteiger partial charge >= 0.3 is 6.09 Å². The molecule has 0 aromatic carbocycles. The molecule has 0 aromatic heterocycles. The fraction of sp³-hybridized carbons (Fsp3) is 0.500. The summed E-state index contributed by atoms with van der Waals surface area (Å²) in [5.74, 6) is -1.42. The molecule has 0 spiro atoms. The molecule has 0 aliphatic heterocycles. The summed E-state index contributed by atoms with van der Waals surface area (Å²) in [6.45, 7) is 0. The lowest BCUT2D eigenvalue weighted by Gasteiger charge is -2.07. The van der Waals surface area contributed by atoms with Crippen LogP contribution in [0.2, 0.25) is 0 Å². The summed E-state index contributed by atoms with van der Waals surface area (Å²) in [4.78, 5) is 31.0. The van der Waals surface area contributed by atoms with E-state index in [0.717, 1.165) is 0 Å². The molecule has 0 fully saturated rings. The predicted molar refractivity (Wildman–Crippen MR) is 42.6 cm³/mol. The third-order valence-electron chi connectivity index (χ3n) is 1.27. The minimum absolute atomic E-state index is 0.0362. The summed E-state index contributed by atoms with van der Waals surface area (Å²) in [6.07, 6.45) is -1.48. The average molecular weight is 189 g/mol. The largest absolute Gasteiger partial charge is 0.465 e. The van der Waals surface area contributed by atoms with E-state index in [-0.39, 0.29) is 12.8 Å². The summed E-state index contributed by atoms with van der Waals surface area (Å²) in [6, 6.07) is -1.02. The predicted octanol–water partition coefficient (Wildman–Crippen LogP) is -1.63. The van der Waals surface area contributed by atoms with Gasteiger partial charge < -0.3 is 16.6 Å². The van der Waals surface area contributed by atoms with Crippen LogP contribution in [0.5, 0.6) is 0 Å². The van der Waals surface area contributed by atoms with Gasteiger partial charge in [-0.15, -0.1) is 0 Å². The van der Waals surface area contributed by atoms with Crippen LogP contribution in [0.15, 0.2) is 0 Å². The van der Waals surface area contributed by atoms with Gasteiger partial charge in [-0.1, -0.05) is 0 Å². The number of hydrogen-bond acceptors (Lipinski definition) is 4. The fourth-order valence-corrected chi connectivity index (χ4v) is 0.627. The lowest BCUT2D eigenvalue weighted by Crippen LogP contribution is -2.43. The van der Waals surface area contributed by atoms with Crippen molar-refractivity contribution in [2.75, 3.05) is 0 Å². The Morgan fingerprint density at radius 1 is 1.38 bits per heavy atom. The number of hydrogen-bond donors (Lipinski definition) is 4. The van der Waals surface area contributed by atoms with Gasteiger partial charge in [0, 0.05) is 6.42 Å². The van der Waals surface area contributed by atoms with Crippen LogP contribution in [-0.2, 0) is 9.59 Å². The molecule has 0 saturated heterocycles. The molecule has 6 N–H and O–H groups in total. The van der Waals surface area contributed by atoms with E-state index >= 15 is 0 Å². The third-order valence-corrected chi connectivity index (χ3v) is 1.27. The molecule has 0 heterocycles. The normalized spacial score (nSPS) is 11.8. The second-order valence-electron chi connectivity index (χ2n) is 2.41. The lowest BCUT2D eigenvalue weighted by molar-refractivity contribution is -0.122. The van der Waals surface area contributed by atoms with Crippen LogP contribution >= 0.6 is 0 Å². The van der Waals surface area contributed by atoms with Crippen molar-refractivity contribution in [1.29, 1.82) is 0 Å². The maximum Gasteiger partial charge on any atom is 0.411 e. The van der Waals surface area contributed by atoms with Gasteiger partial charge in [0.15, 0.2) is 0 Å². The molecule has 13 heavy (non-hydrogen) atoms. The van der Waals surface area contributed by atoms with Gasteiger partial charge in [0.25, 0.3) is 0 Å². The first-order valence-electron chi connectivity index (χ1n) is 3.51. The Balaban J connectivity index is 3.82. The minimum atomic E-state index is -1.47. The van der Waals surface area contributed by atoms with Crippen LogP contribution in [0.25, 0.3) is 0 Å². The number of nitrogens with one attached hydrogen (secondary N) is 1. The number of primary amides is 1. The zero-order valence-electron chi connectivity index (χ0n) is 6.82. The maximum atomic E-state index is 10.8. The van der Waals surface area contributed by atoms with Crippen LogP contribution < -0.4 is 16.8 Å². The van der Waals surface area contributed by atoms with E-state index in [0.29, 0.717) is 0 Å². The zero-order chi connectivity index (χ0) is 10.4. The van der Waals surface area contributed by atoms with Crippen molar-refractivity contribution in [3.05, 3.63) is 0 Å². The van der Waals surface area contributed by atoms with Crippen molar-refractivity contribution in [3.8, 4) is 0 Å². The second-order valence-corrected chi connectivity index (χ2v) is 2.41. The molecule has 7 nitrogen and oxygen atoms in total. The van der Waals surface area contributed by atoms with Crippen LogP contribution in [0, 0.1) is 0 Å². The van der Waals surface area contributed by atoms with E-state index in [1.165, 1.54) is 0 Å². The van der Waals surface area contributed by atoms with Crippen molar-refractivity contribution < 1.29 is 19.5 Å². The Labute approximate surface area is 74.1 Å². The average Bonchev–Trinajstić information content (AvgIpc) is 1.98. The summed E-state index contributed by atoms with van der Waals surface area (Å²) in [5.41, 5.74) is 10.0. The van der Waals surface area contributed by atoms with Crippen LogP contribution in [0.3, 0.4) is 0 Å². The van der Waals surface area contributed by atoms with Crippen molar-refractivity contribution >= 4 is 17.9 Å². The molecular weight excluding hydrogens is 178 g/mol. The van der Waals surface area contributed by atoms with Gasteiger partial charge in [-0.2, -0.15) is 0 Å². The highest BCUT2D eigenvalue weighted by Gasteiger charge is 2.15. The van der Waals surface area contributed by atoms with E-state index in [2.05, 4.69) is 0 Å². The highest BCUT2D eigenvalue weighted by molar-refractivity contribution is 5.94. The first-order valence-corrected chi connectivity index (χ1v) is 3.51. The molecule has 0 rings (SSSR count). The molecule has 7 heteroatoms. The number of carbonyl (C=O) groups is 3. The molecule has 1 atom stereocenters. The van der Waals surface area contributed by atoms with Gasteiger partial charge in [0.1, 0.15) is 0 Å². The lowest BCUT2D eigenvalue weighted by atomic mass is 10.1. The van der Waals surface area contributed by atoms with E-state index in [4.69, 9.17) is 16.6 Å². The summed E-state index contributed by atoms with van der Waals surface area (Å²) < 4.78 is 0. The minimum Gasteiger partial charge on any atom is -0.465 e. The molecule has 0 unspecified atom stereocenters. The fourth-order valence-electron chi connectivity index (χ4n) is 0.627. The highest BCUT2D eigenvalue weighted by Crippen LogP contribution is 1.93. The summed E-state index contributed by atoms with van der Waals surface area (Å²) in [7, 11) is 0.